The van der Waals surface area contributed by atoms with E-state index >= 15 is 0 Å². The van der Waals surface area contributed by atoms with E-state index in [0.717, 1.165) is 0 Å². The zero-order chi connectivity index (χ0) is 14.9. The number of nitro benzene ring substituents is 1. The fourth-order valence-electron chi connectivity index (χ4n) is 2.34. The zero-order valence-electron chi connectivity index (χ0n) is 10.3. The van der Waals surface area contributed by atoms with Gasteiger partial charge in [-0.1, -0.05) is 0 Å². The number of aliphatic carboxylic acids is 1. The summed E-state index contributed by atoms with van der Waals surface area (Å²) in [5.41, 5.74) is -1.12. The lowest BCUT2D eigenvalue weighted by atomic mass is 10.1. The predicted molar refractivity (Wildman–Crippen MR) is 65.4 cm³/mol. The first-order valence-corrected chi connectivity index (χ1v) is 6.01. The van der Waals surface area contributed by atoms with E-state index in [9.17, 15) is 23.7 Å². The smallest absolute Gasteiger partial charge is 0.306 e. The van der Waals surface area contributed by atoms with Crippen molar-refractivity contribution in [2.75, 3.05) is 5.32 Å². The fourth-order valence-corrected chi connectivity index (χ4v) is 2.34. The van der Waals surface area contributed by atoms with Crippen LogP contribution in [0.4, 0.5) is 20.2 Å². The van der Waals surface area contributed by atoms with Crippen LogP contribution in [0, 0.1) is 27.7 Å². The Balaban J connectivity index is 2.15. The molecule has 0 spiro atoms. The van der Waals surface area contributed by atoms with Crippen LogP contribution in [0.1, 0.15) is 19.3 Å². The van der Waals surface area contributed by atoms with Gasteiger partial charge in [-0.25, -0.2) is 8.78 Å². The van der Waals surface area contributed by atoms with Gasteiger partial charge in [-0.15, -0.1) is 0 Å². The van der Waals surface area contributed by atoms with E-state index in [0.29, 0.717) is 25.0 Å². The summed E-state index contributed by atoms with van der Waals surface area (Å²) in [7, 11) is 0. The van der Waals surface area contributed by atoms with Gasteiger partial charge in [-0.05, 0) is 19.3 Å². The first-order chi connectivity index (χ1) is 9.38. The number of non-ortho nitro benzene ring substituents is 1. The molecular weight excluding hydrogens is 274 g/mol. The average molecular weight is 286 g/mol. The van der Waals surface area contributed by atoms with Crippen molar-refractivity contribution < 1.29 is 23.6 Å². The predicted octanol–water partition coefficient (Wildman–Crippen LogP) is 2.54. The van der Waals surface area contributed by atoms with Crippen LogP contribution in [-0.2, 0) is 4.79 Å². The molecule has 1 fully saturated rings. The lowest BCUT2D eigenvalue weighted by Gasteiger charge is -2.15. The summed E-state index contributed by atoms with van der Waals surface area (Å²) in [4.78, 5) is 20.4. The molecule has 1 aliphatic rings. The van der Waals surface area contributed by atoms with E-state index < -0.39 is 39.8 Å². The Bertz CT molecular complexity index is 541. The van der Waals surface area contributed by atoms with Crippen molar-refractivity contribution in [2.24, 2.45) is 5.92 Å². The van der Waals surface area contributed by atoms with E-state index in [-0.39, 0.29) is 12.5 Å². The number of carboxylic acids is 1. The van der Waals surface area contributed by atoms with Crippen molar-refractivity contribution in [2.45, 2.75) is 25.3 Å². The number of benzene rings is 1. The molecule has 0 unspecified atom stereocenters. The molecule has 2 rings (SSSR count). The number of nitro groups is 1. The van der Waals surface area contributed by atoms with Crippen molar-refractivity contribution in [1.29, 1.82) is 0 Å². The highest BCUT2D eigenvalue weighted by molar-refractivity contribution is 5.70. The van der Waals surface area contributed by atoms with Crippen LogP contribution in [0.15, 0.2) is 12.1 Å². The number of rotatable bonds is 4. The molecule has 0 saturated heterocycles. The van der Waals surface area contributed by atoms with Crippen LogP contribution in [0.25, 0.3) is 0 Å². The second kappa shape index (κ2) is 5.40. The molecule has 0 bridgehead atoms. The summed E-state index contributed by atoms with van der Waals surface area (Å²) in [6.45, 7) is 0. The number of carboxylic acid groups (broad SMARTS) is 1. The Morgan fingerprint density at radius 3 is 2.40 bits per heavy atom. The van der Waals surface area contributed by atoms with Crippen molar-refractivity contribution in [3.05, 3.63) is 33.9 Å². The quantitative estimate of drug-likeness (QED) is 0.655. The van der Waals surface area contributed by atoms with Gasteiger partial charge in [0.15, 0.2) is 11.6 Å². The number of anilines is 1. The van der Waals surface area contributed by atoms with Gasteiger partial charge >= 0.3 is 5.97 Å². The van der Waals surface area contributed by atoms with E-state index in [1.54, 1.807) is 0 Å². The molecular formula is C12H12F2N2O4. The molecule has 0 aromatic heterocycles. The van der Waals surface area contributed by atoms with Crippen molar-refractivity contribution >= 4 is 17.3 Å². The van der Waals surface area contributed by atoms with Crippen LogP contribution >= 0.6 is 0 Å². The first kappa shape index (κ1) is 14.2. The molecule has 108 valence electrons. The normalized spacial score (nSPS) is 21.7. The average Bonchev–Trinajstić information content (AvgIpc) is 2.82. The molecule has 0 heterocycles. The lowest BCUT2D eigenvalue weighted by Crippen LogP contribution is -2.19. The third-order valence-electron chi connectivity index (χ3n) is 3.37. The number of nitrogens with zero attached hydrogens (tertiary/aromatic N) is 1. The molecule has 20 heavy (non-hydrogen) atoms. The van der Waals surface area contributed by atoms with Crippen molar-refractivity contribution in [3.63, 3.8) is 0 Å². The summed E-state index contributed by atoms with van der Waals surface area (Å²) in [6.07, 6.45) is 1.18. The molecule has 6 nitrogen and oxygen atoms in total. The molecule has 2 N–H and O–H groups in total. The number of nitrogens with one attached hydrogen (secondary N) is 1. The summed E-state index contributed by atoms with van der Waals surface area (Å²) in [5, 5.41) is 21.9. The van der Waals surface area contributed by atoms with Crippen molar-refractivity contribution in [3.8, 4) is 0 Å². The van der Waals surface area contributed by atoms with Gasteiger partial charge in [0.1, 0.15) is 5.69 Å². The molecule has 2 atom stereocenters. The van der Waals surface area contributed by atoms with Gasteiger partial charge in [0.25, 0.3) is 5.69 Å². The molecule has 0 aliphatic heterocycles. The van der Waals surface area contributed by atoms with Gasteiger partial charge in [-0.3, -0.25) is 14.9 Å². The minimum absolute atomic E-state index is 0.269. The minimum Gasteiger partial charge on any atom is -0.481 e. The van der Waals surface area contributed by atoms with E-state index in [1.807, 2.05) is 0 Å². The maximum atomic E-state index is 13.7. The molecule has 1 aromatic rings. The fraction of sp³-hybridized carbons (Fsp3) is 0.417. The van der Waals surface area contributed by atoms with Crippen LogP contribution in [0.3, 0.4) is 0 Å². The maximum Gasteiger partial charge on any atom is 0.306 e. The number of hydrogen-bond acceptors (Lipinski definition) is 4. The molecule has 1 aromatic carbocycles. The zero-order valence-corrected chi connectivity index (χ0v) is 10.3. The Morgan fingerprint density at radius 1 is 1.35 bits per heavy atom. The Hall–Kier alpha value is -2.25. The maximum absolute atomic E-state index is 13.7. The SMILES string of the molecule is O=C(O)[C@@H]1CC[C@H](Nc2c(F)cc([N+](=O)[O-])cc2F)C1. The summed E-state index contributed by atoms with van der Waals surface area (Å²) in [5.74, 6) is -3.58. The van der Waals surface area contributed by atoms with Gasteiger partial charge in [0.2, 0.25) is 0 Å². The Morgan fingerprint density at radius 2 is 1.95 bits per heavy atom. The molecule has 0 radical (unpaired) electrons. The largest absolute Gasteiger partial charge is 0.481 e. The minimum atomic E-state index is -1.06. The highest BCUT2D eigenvalue weighted by Crippen LogP contribution is 2.31. The van der Waals surface area contributed by atoms with Crippen LogP contribution in [0.2, 0.25) is 0 Å². The summed E-state index contributed by atoms with van der Waals surface area (Å²) >= 11 is 0. The van der Waals surface area contributed by atoms with Gasteiger partial charge in [-0.2, -0.15) is 0 Å². The van der Waals surface area contributed by atoms with E-state index in [2.05, 4.69) is 5.32 Å². The van der Waals surface area contributed by atoms with E-state index in [1.165, 1.54) is 0 Å². The summed E-state index contributed by atoms with van der Waals surface area (Å²) < 4.78 is 27.3. The molecule has 1 saturated carbocycles. The molecule has 0 amide bonds. The van der Waals surface area contributed by atoms with Crippen LogP contribution in [-0.4, -0.2) is 22.0 Å². The highest BCUT2D eigenvalue weighted by atomic mass is 19.1. The topological polar surface area (TPSA) is 92.5 Å². The standard InChI is InChI=1S/C12H12F2N2O4/c13-9-4-8(16(19)20)5-10(14)11(9)15-7-2-1-6(3-7)12(17)18/h4-7,15H,1-3H2,(H,17,18)/t6-,7+/m1/s1. The second-order valence-electron chi connectivity index (χ2n) is 4.73. The van der Waals surface area contributed by atoms with E-state index in [4.69, 9.17) is 5.11 Å². The van der Waals surface area contributed by atoms with Crippen LogP contribution in [0.5, 0.6) is 0 Å². The number of hydrogen-bond donors (Lipinski definition) is 2. The number of carbonyl (C=O) groups is 1. The molecule has 8 heteroatoms. The lowest BCUT2D eigenvalue weighted by molar-refractivity contribution is -0.385. The summed E-state index contributed by atoms with van der Waals surface area (Å²) in [6, 6.07) is 0.908. The number of halogens is 2. The third-order valence-corrected chi connectivity index (χ3v) is 3.37. The van der Waals surface area contributed by atoms with Gasteiger partial charge in [0.05, 0.1) is 23.0 Å². The first-order valence-electron chi connectivity index (χ1n) is 6.01. The monoisotopic (exact) mass is 286 g/mol. The molecule has 1 aliphatic carbocycles. The van der Waals surface area contributed by atoms with Crippen molar-refractivity contribution in [1.82, 2.24) is 0 Å². The second-order valence-corrected chi connectivity index (χ2v) is 4.73. The highest BCUT2D eigenvalue weighted by Gasteiger charge is 2.31. The van der Waals surface area contributed by atoms with Gasteiger partial charge in [0, 0.05) is 6.04 Å². The Kier molecular flexibility index (Phi) is 3.82. The van der Waals surface area contributed by atoms with Gasteiger partial charge < -0.3 is 10.4 Å². The van der Waals surface area contributed by atoms with Crippen LogP contribution < -0.4 is 5.32 Å². The Labute approximate surface area is 112 Å². The third kappa shape index (κ3) is 2.84.